The molecule has 0 aromatic carbocycles. The molecule has 3 saturated heterocycles. The Morgan fingerprint density at radius 1 is 0.824 bits per heavy atom. The Bertz CT molecular complexity index is 164. The number of rotatable bonds is 7. The topological polar surface area (TPSA) is 52.8 Å². The maximum absolute atomic E-state index is 5.27. The highest BCUT2D eigenvalue weighted by Crippen LogP contribution is 2.09. The van der Waals surface area contributed by atoms with E-state index >= 15 is 0 Å². The summed E-state index contributed by atoms with van der Waals surface area (Å²) >= 11 is 0. The van der Waals surface area contributed by atoms with Crippen LogP contribution >= 0.6 is 0 Å². The van der Waals surface area contributed by atoms with Crippen LogP contribution in [0.4, 0.5) is 0 Å². The summed E-state index contributed by atoms with van der Waals surface area (Å²) in [5, 5.41) is 0. The molecule has 3 aliphatic rings. The largest absolute Gasteiger partial charge is 0.381 e. The van der Waals surface area contributed by atoms with Gasteiger partial charge in [0.25, 0.3) is 0 Å². The van der Waals surface area contributed by atoms with Crippen molar-refractivity contribution in [3.05, 3.63) is 0 Å². The summed E-state index contributed by atoms with van der Waals surface area (Å²) in [6, 6.07) is 0. The van der Waals surface area contributed by atoms with Crippen molar-refractivity contribution in [3.8, 4) is 0 Å². The highest BCUT2D eigenvalue weighted by molar-refractivity contribution is 4.68. The molecule has 0 saturated carbocycles. The lowest BCUT2D eigenvalue weighted by Crippen LogP contribution is -2.10. The Balaban J connectivity index is 0.000000181. The minimum atomic E-state index is 0.358. The summed E-state index contributed by atoms with van der Waals surface area (Å²) in [7, 11) is 0. The second kappa shape index (κ2) is 8.00. The minimum absolute atomic E-state index is 0.358. The van der Waals surface area contributed by atoms with Gasteiger partial charge in [0.05, 0.1) is 39.6 Å². The van der Waals surface area contributed by atoms with Gasteiger partial charge >= 0.3 is 0 Å². The zero-order chi connectivity index (χ0) is 11.8. The molecule has 0 bridgehead atoms. The van der Waals surface area contributed by atoms with Crippen LogP contribution in [0.5, 0.6) is 0 Å². The van der Waals surface area contributed by atoms with Crippen molar-refractivity contribution in [3.63, 3.8) is 0 Å². The summed E-state index contributed by atoms with van der Waals surface area (Å²) in [5.41, 5.74) is 0. The van der Waals surface area contributed by atoms with Crippen molar-refractivity contribution in [1.29, 1.82) is 0 Å². The van der Waals surface area contributed by atoms with E-state index in [2.05, 4.69) is 0 Å². The molecule has 3 aliphatic heterocycles. The normalized spacial score (nSPS) is 29.6. The molecule has 0 aromatic heterocycles. The lowest BCUT2D eigenvalue weighted by Gasteiger charge is -2.02. The molecule has 17 heavy (non-hydrogen) atoms. The zero-order valence-electron chi connectivity index (χ0n) is 10.3. The van der Waals surface area contributed by atoms with Gasteiger partial charge in [-0.15, -0.1) is 0 Å². The third kappa shape index (κ3) is 7.68. The van der Waals surface area contributed by atoms with Crippen molar-refractivity contribution in [2.24, 2.45) is 0 Å². The lowest BCUT2D eigenvalue weighted by atomic mass is 10.4. The average Bonchev–Trinajstić information content (AvgIpc) is 3.27. The van der Waals surface area contributed by atoms with Gasteiger partial charge in [0, 0.05) is 13.2 Å². The van der Waals surface area contributed by atoms with Crippen LogP contribution in [-0.2, 0) is 23.7 Å². The summed E-state index contributed by atoms with van der Waals surface area (Å²) in [5.74, 6) is 0. The fourth-order valence-corrected chi connectivity index (χ4v) is 1.39. The molecule has 100 valence electrons. The Kier molecular flexibility index (Phi) is 6.23. The van der Waals surface area contributed by atoms with Crippen LogP contribution in [0.25, 0.3) is 0 Å². The fourth-order valence-electron chi connectivity index (χ4n) is 1.39. The maximum Gasteiger partial charge on any atom is 0.104 e. The second-order valence-corrected chi connectivity index (χ2v) is 4.38. The molecular weight excluding hydrogens is 224 g/mol. The average molecular weight is 246 g/mol. The molecule has 0 amide bonds. The Labute approximate surface area is 102 Å². The smallest absolute Gasteiger partial charge is 0.104 e. The quantitative estimate of drug-likeness (QED) is 0.487. The molecular formula is C12H22O5. The van der Waals surface area contributed by atoms with Crippen molar-refractivity contribution in [1.82, 2.24) is 0 Å². The monoisotopic (exact) mass is 246 g/mol. The van der Waals surface area contributed by atoms with Crippen LogP contribution in [0, 0.1) is 0 Å². The van der Waals surface area contributed by atoms with E-state index < -0.39 is 0 Å². The highest BCUT2D eigenvalue weighted by Gasteiger charge is 2.23. The molecule has 3 fully saturated rings. The molecule has 0 aromatic rings. The molecule has 3 heterocycles. The molecule has 0 aliphatic carbocycles. The van der Waals surface area contributed by atoms with Gasteiger partial charge in [0.1, 0.15) is 12.2 Å². The van der Waals surface area contributed by atoms with Gasteiger partial charge in [-0.3, -0.25) is 0 Å². The number of epoxide rings is 2. The van der Waals surface area contributed by atoms with Gasteiger partial charge in [0.2, 0.25) is 0 Å². The van der Waals surface area contributed by atoms with Crippen LogP contribution in [0.1, 0.15) is 12.8 Å². The van der Waals surface area contributed by atoms with E-state index in [-0.39, 0.29) is 0 Å². The van der Waals surface area contributed by atoms with Crippen molar-refractivity contribution >= 4 is 0 Å². The van der Waals surface area contributed by atoms with E-state index in [1.54, 1.807) is 0 Å². The molecule has 2 unspecified atom stereocenters. The standard InChI is InChI=1S/C8H14O4.C4H8O/c1(9-3-7-5-11-7)2-10-4-8-6-12-8;1-2-4-5-3-1/h7-8H,1-6H2;1-4H2. The molecule has 0 spiro atoms. The summed E-state index contributed by atoms with van der Waals surface area (Å²) in [6.45, 7) is 6.46. The van der Waals surface area contributed by atoms with Gasteiger partial charge in [-0.1, -0.05) is 0 Å². The van der Waals surface area contributed by atoms with E-state index in [4.69, 9.17) is 23.7 Å². The Morgan fingerprint density at radius 2 is 1.29 bits per heavy atom. The predicted octanol–water partition coefficient (Wildman–Crippen LogP) is 0.614. The van der Waals surface area contributed by atoms with Crippen LogP contribution in [0.2, 0.25) is 0 Å². The van der Waals surface area contributed by atoms with Crippen LogP contribution in [0.3, 0.4) is 0 Å². The minimum Gasteiger partial charge on any atom is -0.381 e. The molecule has 2 atom stereocenters. The van der Waals surface area contributed by atoms with Crippen LogP contribution in [0.15, 0.2) is 0 Å². The first-order valence-electron chi connectivity index (χ1n) is 6.41. The molecule has 3 rings (SSSR count). The number of hydrogen-bond donors (Lipinski definition) is 0. The van der Waals surface area contributed by atoms with Crippen LogP contribution < -0.4 is 0 Å². The maximum atomic E-state index is 5.27. The molecule has 5 nitrogen and oxygen atoms in total. The molecule has 0 N–H and O–H groups in total. The van der Waals surface area contributed by atoms with Gasteiger partial charge < -0.3 is 23.7 Å². The molecule has 0 radical (unpaired) electrons. The molecule has 5 heteroatoms. The predicted molar refractivity (Wildman–Crippen MR) is 61.2 cm³/mol. The lowest BCUT2D eigenvalue weighted by molar-refractivity contribution is 0.0366. The van der Waals surface area contributed by atoms with Gasteiger partial charge in [-0.05, 0) is 12.8 Å². The Morgan fingerprint density at radius 3 is 1.59 bits per heavy atom. The SMILES string of the molecule is C(COCC1CO1)OCC1CO1.C1CCOC1. The van der Waals surface area contributed by atoms with Gasteiger partial charge in [0.15, 0.2) is 0 Å². The van der Waals surface area contributed by atoms with Crippen molar-refractivity contribution in [2.75, 3.05) is 52.9 Å². The summed E-state index contributed by atoms with van der Waals surface area (Å²) in [6.07, 6.45) is 3.27. The first-order valence-corrected chi connectivity index (χ1v) is 6.41. The third-order valence-corrected chi connectivity index (χ3v) is 2.61. The number of hydrogen-bond acceptors (Lipinski definition) is 5. The van der Waals surface area contributed by atoms with E-state index in [0.717, 1.165) is 26.4 Å². The van der Waals surface area contributed by atoms with E-state index in [0.29, 0.717) is 38.6 Å². The summed E-state index contributed by atoms with van der Waals surface area (Å²) < 4.78 is 25.4. The van der Waals surface area contributed by atoms with Gasteiger partial charge in [-0.2, -0.15) is 0 Å². The first-order chi connectivity index (χ1) is 8.45. The Hall–Kier alpha value is -0.200. The van der Waals surface area contributed by atoms with Gasteiger partial charge in [-0.25, -0.2) is 0 Å². The fraction of sp³-hybridized carbons (Fsp3) is 1.00. The van der Waals surface area contributed by atoms with E-state index in [1.165, 1.54) is 12.8 Å². The summed E-state index contributed by atoms with van der Waals surface area (Å²) in [4.78, 5) is 0. The van der Waals surface area contributed by atoms with Crippen LogP contribution in [-0.4, -0.2) is 65.1 Å². The van der Waals surface area contributed by atoms with E-state index in [1.807, 2.05) is 0 Å². The first kappa shape index (κ1) is 13.2. The highest BCUT2D eigenvalue weighted by atomic mass is 16.6. The van der Waals surface area contributed by atoms with Crippen molar-refractivity contribution < 1.29 is 23.7 Å². The number of ether oxygens (including phenoxy) is 5. The van der Waals surface area contributed by atoms with Crippen molar-refractivity contribution in [2.45, 2.75) is 25.0 Å². The van der Waals surface area contributed by atoms with E-state index in [9.17, 15) is 0 Å². The third-order valence-electron chi connectivity index (χ3n) is 2.61. The zero-order valence-corrected chi connectivity index (χ0v) is 10.3. The second-order valence-electron chi connectivity index (χ2n) is 4.38.